The number of hydrogen-bond donors (Lipinski definition) is 1. The van der Waals surface area contributed by atoms with E-state index >= 15 is 0 Å². The summed E-state index contributed by atoms with van der Waals surface area (Å²) in [5.74, 6) is 0.0583. The molecule has 1 aromatic rings. The summed E-state index contributed by atoms with van der Waals surface area (Å²) >= 11 is 0. The molecule has 0 atom stereocenters. The van der Waals surface area contributed by atoms with Crippen LogP contribution < -0.4 is 4.74 Å². The first-order chi connectivity index (χ1) is 6.22. The molecule has 0 saturated carbocycles. The molecule has 0 aliphatic rings. The third kappa shape index (κ3) is 2.94. The van der Waals surface area contributed by atoms with Gasteiger partial charge in [0.05, 0.1) is 6.21 Å². The lowest BCUT2D eigenvalue weighted by Gasteiger charge is -2.00. The van der Waals surface area contributed by atoms with E-state index in [9.17, 15) is 4.79 Å². The van der Waals surface area contributed by atoms with Crippen molar-refractivity contribution in [1.29, 1.82) is 0 Å². The van der Waals surface area contributed by atoms with E-state index in [4.69, 9.17) is 9.94 Å². The summed E-state index contributed by atoms with van der Waals surface area (Å²) in [6.07, 6.45) is 1.26. The highest BCUT2D eigenvalue weighted by atomic mass is 16.5. The zero-order chi connectivity index (χ0) is 9.68. The van der Waals surface area contributed by atoms with Crippen molar-refractivity contribution in [3.05, 3.63) is 29.8 Å². The predicted molar refractivity (Wildman–Crippen MR) is 47.1 cm³/mol. The van der Waals surface area contributed by atoms with E-state index in [1.54, 1.807) is 24.3 Å². The van der Waals surface area contributed by atoms with Crippen LogP contribution in [0.1, 0.15) is 12.5 Å². The van der Waals surface area contributed by atoms with Crippen molar-refractivity contribution < 1.29 is 14.7 Å². The average molecular weight is 179 g/mol. The van der Waals surface area contributed by atoms with Gasteiger partial charge >= 0.3 is 5.97 Å². The third-order valence-electron chi connectivity index (χ3n) is 1.33. The molecule has 4 nitrogen and oxygen atoms in total. The van der Waals surface area contributed by atoms with E-state index in [0.717, 1.165) is 0 Å². The standard InChI is InChI=1S/C9H9NO3/c1-7(11)13-9-4-2-3-8(5-9)6-10-12/h2-6,12H,1H3/b10-6-. The number of hydrogen-bond acceptors (Lipinski definition) is 4. The van der Waals surface area contributed by atoms with Gasteiger partial charge in [-0.05, 0) is 17.7 Å². The van der Waals surface area contributed by atoms with E-state index in [1.165, 1.54) is 13.1 Å². The minimum atomic E-state index is -0.377. The molecule has 1 aromatic carbocycles. The zero-order valence-electron chi connectivity index (χ0n) is 7.10. The lowest BCUT2D eigenvalue weighted by Crippen LogP contribution is -2.01. The summed E-state index contributed by atoms with van der Waals surface area (Å²) in [4.78, 5) is 10.6. The molecule has 0 amide bonds. The van der Waals surface area contributed by atoms with Gasteiger partial charge in [0.2, 0.25) is 0 Å². The lowest BCUT2D eigenvalue weighted by molar-refractivity contribution is -0.131. The molecule has 0 heterocycles. The van der Waals surface area contributed by atoms with Crippen LogP contribution in [-0.4, -0.2) is 17.4 Å². The van der Waals surface area contributed by atoms with Crippen LogP contribution >= 0.6 is 0 Å². The maximum atomic E-state index is 10.6. The van der Waals surface area contributed by atoms with Gasteiger partial charge < -0.3 is 9.94 Å². The highest BCUT2D eigenvalue weighted by Crippen LogP contribution is 2.11. The molecule has 0 saturated heterocycles. The van der Waals surface area contributed by atoms with Gasteiger partial charge in [0.25, 0.3) is 0 Å². The normalized spacial score (nSPS) is 10.2. The smallest absolute Gasteiger partial charge is 0.308 e. The molecule has 0 aromatic heterocycles. The number of benzene rings is 1. The number of carbonyl (C=O) groups is 1. The summed E-state index contributed by atoms with van der Waals surface area (Å²) in [6.45, 7) is 1.33. The summed E-state index contributed by atoms with van der Waals surface area (Å²) in [5, 5.41) is 11.1. The number of nitrogens with zero attached hydrogens (tertiary/aromatic N) is 1. The Kier molecular flexibility index (Phi) is 3.03. The highest BCUT2D eigenvalue weighted by molar-refractivity contribution is 5.80. The first-order valence-electron chi connectivity index (χ1n) is 3.68. The zero-order valence-corrected chi connectivity index (χ0v) is 7.10. The van der Waals surface area contributed by atoms with Gasteiger partial charge in [-0.25, -0.2) is 0 Å². The van der Waals surface area contributed by atoms with Gasteiger partial charge in [-0.15, -0.1) is 0 Å². The van der Waals surface area contributed by atoms with Crippen LogP contribution in [-0.2, 0) is 4.79 Å². The molecular formula is C9H9NO3. The second kappa shape index (κ2) is 4.25. The fourth-order valence-electron chi connectivity index (χ4n) is 0.891. The number of ether oxygens (including phenoxy) is 1. The average Bonchev–Trinajstić information content (AvgIpc) is 2.04. The van der Waals surface area contributed by atoms with Crippen LogP contribution in [0.2, 0.25) is 0 Å². The second-order valence-electron chi connectivity index (χ2n) is 2.41. The topological polar surface area (TPSA) is 58.9 Å². The predicted octanol–water partition coefficient (Wildman–Crippen LogP) is 1.42. The number of carbonyl (C=O) groups excluding carboxylic acids is 1. The Morgan fingerprint density at radius 3 is 3.00 bits per heavy atom. The minimum Gasteiger partial charge on any atom is -0.427 e. The molecule has 0 unspecified atom stereocenters. The SMILES string of the molecule is CC(=O)Oc1cccc(/C=N\O)c1. The third-order valence-corrected chi connectivity index (χ3v) is 1.33. The van der Waals surface area contributed by atoms with Crippen LogP contribution in [0.25, 0.3) is 0 Å². The molecule has 0 aliphatic heterocycles. The monoisotopic (exact) mass is 179 g/mol. The van der Waals surface area contributed by atoms with E-state index in [-0.39, 0.29) is 5.97 Å². The van der Waals surface area contributed by atoms with Crippen LogP contribution in [0.5, 0.6) is 5.75 Å². The maximum absolute atomic E-state index is 10.6. The quantitative estimate of drug-likeness (QED) is 0.245. The Balaban J connectivity index is 2.85. The van der Waals surface area contributed by atoms with E-state index in [2.05, 4.69) is 5.16 Å². The van der Waals surface area contributed by atoms with Crippen molar-refractivity contribution in [3.8, 4) is 5.75 Å². The van der Waals surface area contributed by atoms with Crippen LogP contribution in [0.15, 0.2) is 29.4 Å². The Hall–Kier alpha value is -1.84. The van der Waals surface area contributed by atoms with Gasteiger partial charge in [0, 0.05) is 6.92 Å². The number of oxime groups is 1. The van der Waals surface area contributed by atoms with Crippen molar-refractivity contribution in [1.82, 2.24) is 0 Å². The Labute approximate surface area is 75.4 Å². The van der Waals surface area contributed by atoms with E-state index in [1.807, 2.05) is 0 Å². The number of esters is 1. The number of rotatable bonds is 2. The second-order valence-corrected chi connectivity index (χ2v) is 2.41. The van der Waals surface area contributed by atoms with Crippen LogP contribution in [0, 0.1) is 0 Å². The summed E-state index contributed by atoms with van der Waals surface area (Å²) in [7, 11) is 0. The first kappa shape index (κ1) is 9.25. The van der Waals surface area contributed by atoms with Gasteiger partial charge in [0.15, 0.2) is 0 Å². The first-order valence-corrected chi connectivity index (χ1v) is 3.68. The highest BCUT2D eigenvalue weighted by Gasteiger charge is 1.97. The van der Waals surface area contributed by atoms with Gasteiger partial charge in [0.1, 0.15) is 5.75 Å². The summed E-state index contributed by atoms with van der Waals surface area (Å²) in [6, 6.07) is 6.68. The summed E-state index contributed by atoms with van der Waals surface area (Å²) < 4.78 is 4.82. The largest absolute Gasteiger partial charge is 0.427 e. The molecule has 0 radical (unpaired) electrons. The molecule has 1 rings (SSSR count). The molecule has 0 fully saturated rings. The van der Waals surface area contributed by atoms with Gasteiger partial charge in [-0.3, -0.25) is 4.79 Å². The van der Waals surface area contributed by atoms with Crippen LogP contribution in [0.3, 0.4) is 0 Å². The fourth-order valence-corrected chi connectivity index (χ4v) is 0.891. The molecule has 4 heteroatoms. The van der Waals surface area contributed by atoms with E-state index < -0.39 is 0 Å². The van der Waals surface area contributed by atoms with Crippen LogP contribution in [0.4, 0.5) is 0 Å². The van der Waals surface area contributed by atoms with Gasteiger partial charge in [-0.1, -0.05) is 17.3 Å². The summed E-state index contributed by atoms with van der Waals surface area (Å²) in [5.41, 5.74) is 0.668. The molecule has 0 bridgehead atoms. The minimum absolute atomic E-state index is 0.377. The van der Waals surface area contributed by atoms with Gasteiger partial charge in [-0.2, -0.15) is 0 Å². The Morgan fingerprint density at radius 1 is 1.62 bits per heavy atom. The fraction of sp³-hybridized carbons (Fsp3) is 0.111. The van der Waals surface area contributed by atoms with Crippen molar-refractivity contribution in [2.75, 3.05) is 0 Å². The maximum Gasteiger partial charge on any atom is 0.308 e. The van der Waals surface area contributed by atoms with Crippen molar-refractivity contribution in [3.63, 3.8) is 0 Å². The Morgan fingerprint density at radius 2 is 2.38 bits per heavy atom. The Bertz CT molecular complexity index is 333. The molecule has 13 heavy (non-hydrogen) atoms. The molecule has 0 aliphatic carbocycles. The molecule has 68 valence electrons. The van der Waals surface area contributed by atoms with Crippen molar-refractivity contribution in [2.45, 2.75) is 6.92 Å². The molecule has 0 spiro atoms. The van der Waals surface area contributed by atoms with E-state index in [0.29, 0.717) is 11.3 Å². The van der Waals surface area contributed by atoms with Crippen molar-refractivity contribution in [2.24, 2.45) is 5.16 Å². The van der Waals surface area contributed by atoms with Crippen molar-refractivity contribution >= 4 is 12.2 Å². The molecule has 1 N–H and O–H groups in total. The molecular weight excluding hydrogens is 170 g/mol. The lowest BCUT2D eigenvalue weighted by atomic mass is 10.2.